The van der Waals surface area contributed by atoms with Gasteiger partial charge in [-0.25, -0.2) is 0 Å². The van der Waals surface area contributed by atoms with Crippen LogP contribution in [0.3, 0.4) is 0 Å². The Bertz CT molecular complexity index is 240. The van der Waals surface area contributed by atoms with Crippen LogP contribution in [0.5, 0.6) is 0 Å². The van der Waals surface area contributed by atoms with Gasteiger partial charge in [-0.05, 0) is 60.7 Å². The Balaban J connectivity index is 1.89. The van der Waals surface area contributed by atoms with Crippen LogP contribution in [0.15, 0.2) is 0 Å². The lowest BCUT2D eigenvalue weighted by atomic mass is 9.46. The van der Waals surface area contributed by atoms with E-state index in [9.17, 15) is 0 Å². The number of fused-ring (bicyclic) bond motifs is 2. The Morgan fingerprint density at radius 2 is 2.00 bits per heavy atom. The van der Waals surface area contributed by atoms with Crippen molar-refractivity contribution in [1.82, 2.24) is 0 Å². The molecule has 60 valence electrons. The van der Waals surface area contributed by atoms with Crippen LogP contribution in [-0.4, -0.2) is 0 Å². The van der Waals surface area contributed by atoms with Crippen LogP contribution < -0.4 is 0 Å². The molecule has 0 heterocycles. The molecule has 0 N–H and O–H groups in total. The lowest BCUT2D eigenvalue weighted by molar-refractivity contribution is -0.0928. The highest BCUT2D eigenvalue weighted by molar-refractivity contribution is 5.27. The molecule has 4 fully saturated rings. The van der Waals surface area contributed by atoms with Gasteiger partial charge >= 0.3 is 0 Å². The van der Waals surface area contributed by atoms with E-state index in [2.05, 4.69) is 6.92 Å². The zero-order valence-corrected chi connectivity index (χ0v) is 7.27. The second-order valence-electron chi connectivity index (χ2n) is 5.79. The minimum absolute atomic E-state index is 0.862. The molecule has 0 heteroatoms. The van der Waals surface area contributed by atoms with Gasteiger partial charge in [0, 0.05) is 0 Å². The van der Waals surface area contributed by atoms with Crippen LogP contribution in [0.2, 0.25) is 0 Å². The minimum Gasteiger partial charge on any atom is -0.0591 e. The smallest absolute Gasteiger partial charge is 0.0230 e. The molecule has 4 aliphatic carbocycles. The van der Waals surface area contributed by atoms with Crippen molar-refractivity contribution in [3.8, 4) is 0 Å². The van der Waals surface area contributed by atoms with Crippen molar-refractivity contribution in [3.05, 3.63) is 0 Å². The molecule has 4 aliphatic rings. The molecule has 11 heavy (non-hydrogen) atoms. The van der Waals surface area contributed by atoms with Crippen molar-refractivity contribution in [2.24, 2.45) is 28.6 Å². The summed E-state index contributed by atoms with van der Waals surface area (Å²) in [4.78, 5) is 0. The molecule has 0 saturated heterocycles. The topological polar surface area (TPSA) is 0 Å². The molecule has 0 amide bonds. The Hall–Kier alpha value is 0. The van der Waals surface area contributed by atoms with Gasteiger partial charge in [0.05, 0.1) is 0 Å². The van der Waals surface area contributed by atoms with Gasteiger partial charge in [-0.1, -0.05) is 6.92 Å². The summed E-state index contributed by atoms with van der Waals surface area (Å²) in [5, 5.41) is 0. The monoisotopic (exact) mass is 148 g/mol. The molecule has 5 atom stereocenters. The molecule has 0 radical (unpaired) electrons. The van der Waals surface area contributed by atoms with Gasteiger partial charge in [0.1, 0.15) is 0 Å². The molecule has 0 nitrogen and oxygen atoms in total. The molecule has 0 spiro atoms. The van der Waals surface area contributed by atoms with Crippen molar-refractivity contribution < 1.29 is 0 Å². The van der Waals surface area contributed by atoms with E-state index in [1.54, 1.807) is 32.1 Å². The van der Waals surface area contributed by atoms with Crippen LogP contribution in [0.25, 0.3) is 0 Å². The first-order valence-electron chi connectivity index (χ1n) is 5.27. The van der Waals surface area contributed by atoms with E-state index in [1.165, 1.54) is 17.8 Å². The maximum Gasteiger partial charge on any atom is -0.0230 e. The molecule has 5 unspecified atom stereocenters. The van der Waals surface area contributed by atoms with E-state index in [-0.39, 0.29) is 0 Å². The van der Waals surface area contributed by atoms with E-state index < -0.39 is 0 Å². The normalized spacial score (nSPS) is 75.5. The predicted molar refractivity (Wildman–Crippen MR) is 44.1 cm³/mol. The number of hydrogen-bond acceptors (Lipinski definition) is 0. The van der Waals surface area contributed by atoms with Gasteiger partial charge in [-0.15, -0.1) is 0 Å². The Kier molecular flexibility index (Phi) is 0.611. The maximum absolute atomic E-state index is 2.58. The molecule has 0 aromatic carbocycles. The van der Waals surface area contributed by atoms with E-state index in [0.717, 1.165) is 10.8 Å². The highest BCUT2D eigenvalue weighted by Crippen LogP contribution is 2.86. The summed E-state index contributed by atoms with van der Waals surface area (Å²) in [5.74, 6) is 3.61. The van der Waals surface area contributed by atoms with Crippen molar-refractivity contribution in [2.75, 3.05) is 0 Å². The van der Waals surface area contributed by atoms with Gasteiger partial charge in [0.25, 0.3) is 0 Å². The number of rotatable bonds is 0. The van der Waals surface area contributed by atoms with Crippen molar-refractivity contribution in [3.63, 3.8) is 0 Å². The lowest BCUT2D eigenvalue weighted by Gasteiger charge is -2.58. The lowest BCUT2D eigenvalue weighted by Crippen LogP contribution is -2.50. The molecule has 4 saturated carbocycles. The fourth-order valence-electron chi connectivity index (χ4n) is 5.33. The summed E-state index contributed by atoms with van der Waals surface area (Å²) >= 11 is 0. The average Bonchev–Trinajstić information content (AvgIpc) is 2.15. The van der Waals surface area contributed by atoms with Crippen molar-refractivity contribution in [1.29, 1.82) is 0 Å². The molecule has 0 aliphatic heterocycles. The fourth-order valence-corrected chi connectivity index (χ4v) is 5.33. The fraction of sp³-hybridized carbons (Fsp3) is 1.00. The van der Waals surface area contributed by atoms with Gasteiger partial charge < -0.3 is 0 Å². The first kappa shape index (κ1) is 5.61. The largest absolute Gasteiger partial charge is 0.0591 e. The molecule has 0 aromatic rings. The van der Waals surface area contributed by atoms with Gasteiger partial charge in [0.2, 0.25) is 0 Å². The van der Waals surface area contributed by atoms with Crippen LogP contribution in [0.4, 0.5) is 0 Å². The molecular weight excluding hydrogens is 132 g/mol. The Labute approximate surface area is 68.4 Å². The summed E-state index contributed by atoms with van der Waals surface area (Å²) in [6.07, 6.45) is 7.99. The zero-order chi connectivity index (χ0) is 7.27. The quantitative estimate of drug-likeness (QED) is 0.495. The van der Waals surface area contributed by atoms with Gasteiger partial charge in [-0.2, -0.15) is 0 Å². The van der Waals surface area contributed by atoms with Crippen LogP contribution in [-0.2, 0) is 0 Å². The summed E-state index contributed by atoms with van der Waals surface area (Å²) in [7, 11) is 0. The van der Waals surface area contributed by atoms with Crippen molar-refractivity contribution >= 4 is 0 Å². The predicted octanol–water partition coefficient (Wildman–Crippen LogP) is 2.83. The first-order chi connectivity index (χ1) is 5.27. The van der Waals surface area contributed by atoms with Crippen LogP contribution in [0.1, 0.15) is 39.0 Å². The van der Waals surface area contributed by atoms with Gasteiger partial charge in [0.15, 0.2) is 0 Å². The maximum atomic E-state index is 2.58. The standard InChI is InChI=1S/C11H16/c1-10-4-3-9(10)11-5-2-7(11)8(10)6-11/h7-9H,2-6H2,1H3. The summed E-state index contributed by atoms with van der Waals surface area (Å²) in [6.45, 7) is 2.58. The molecule has 2 bridgehead atoms. The molecule has 0 aromatic heterocycles. The third kappa shape index (κ3) is 0.316. The van der Waals surface area contributed by atoms with E-state index >= 15 is 0 Å². The second kappa shape index (κ2) is 1.20. The number of hydrogen-bond donors (Lipinski definition) is 0. The molecule has 4 rings (SSSR count). The van der Waals surface area contributed by atoms with E-state index in [0.29, 0.717) is 0 Å². The highest BCUT2D eigenvalue weighted by Gasteiger charge is 2.79. The minimum atomic E-state index is 0.862. The first-order valence-corrected chi connectivity index (χ1v) is 5.27. The third-order valence-electron chi connectivity index (χ3n) is 6.05. The Morgan fingerprint density at radius 3 is 2.27 bits per heavy atom. The summed E-state index contributed by atoms with van der Waals surface area (Å²) in [6, 6.07) is 0. The second-order valence-corrected chi connectivity index (χ2v) is 5.79. The Morgan fingerprint density at radius 1 is 1.09 bits per heavy atom. The SMILES string of the molecule is CC12CCC1C13CCC1C2C3. The molecular formula is C11H16. The van der Waals surface area contributed by atoms with Crippen LogP contribution in [0, 0.1) is 28.6 Å². The third-order valence-corrected chi connectivity index (χ3v) is 6.05. The van der Waals surface area contributed by atoms with E-state index in [4.69, 9.17) is 0 Å². The zero-order valence-electron chi connectivity index (χ0n) is 7.27. The average molecular weight is 148 g/mol. The van der Waals surface area contributed by atoms with Gasteiger partial charge in [-0.3, -0.25) is 0 Å². The summed E-state index contributed by atoms with van der Waals surface area (Å²) < 4.78 is 0. The summed E-state index contributed by atoms with van der Waals surface area (Å²) in [5.41, 5.74) is 1.82. The highest BCUT2D eigenvalue weighted by atomic mass is 14.8. The van der Waals surface area contributed by atoms with Crippen molar-refractivity contribution in [2.45, 2.75) is 39.0 Å². The van der Waals surface area contributed by atoms with E-state index in [1.807, 2.05) is 0 Å². The van der Waals surface area contributed by atoms with Crippen LogP contribution >= 0.6 is 0 Å².